The summed E-state index contributed by atoms with van der Waals surface area (Å²) in [6.45, 7) is 2.49. The summed E-state index contributed by atoms with van der Waals surface area (Å²) in [5, 5.41) is 5.16. The molecule has 29 heavy (non-hydrogen) atoms. The van der Waals surface area contributed by atoms with Crippen molar-refractivity contribution >= 4 is 27.4 Å². The molecule has 156 valence electrons. The number of piperidine rings is 1. The van der Waals surface area contributed by atoms with Gasteiger partial charge in [0.25, 0.3) is 0 Å². The number of aryl methyl sites for hydroxylation is 1. The van der Waals surface area contributed by atoms with Crippen molar-refractivity contribution in [1.82, 2.24) is 9.29 Å². The average molecular weight is 422 g/mol. The van der Waals surface area contributed by atoms with Crippen LogP contribution in [0.1, 0.15) is 18.5 Å². The highest BCUT2D eigenvalue weighted by molar-refractivity contribution is 7.88. The maximum atomic E-state index is 14.0. The Morgan fingerprint density at radius 3 is 2.69 bits per heavy atom. The minimum Gasteiger partial charge on any atom is -0.489 e. The number of rotatable bonds is 5. The lowest BCUT2D eigenvalue weighted by Gasteiger charge is -2.31. The number of amides is 2. The molecule has 1 aliphatic rings. The molecule has 0 saturated carbocycles. The van der Waals surface area contributed by atoms with Crippen LogP contribution in [-0.4, -0.2) is 49.2 Å². The van der Waals surface area contributed by atoms with Crippen molar-refractivity contribution in [3.05, 3.63) is 48.0 Å². The van der Waals surface area contributed by atoms with Crippen LogP contribution in [0.4, 0.5) is 20.6 Å². The van der Waals surface area contributed by atoms with Gasteiger partial charge in [0.2, 0.25) is 10.0 Å². The number of pyridine rings is 1. The number of nitrogens with zero attached hydrogens (tertiary/aromatic N) is 2. The number of aromatic nitrogens is 1. The lowest BCUT2D eigenvalue weighted by molar-refractivity contribution is 0.130. The van der Waals surface area contributed by atoms with E-state index in [4.69, 9.17) is 4.74 Å². The first kappa shape index (κ1) is 21.0. The van der Waals surface area contributed by atoms with Crippen molar-refractivity contribution in [2.45, 2.75) is 25.9 Å². The molecule has 8 nitrogen and oxygen atoms in total. The van der Waals surface area contributed by atoms with Crippen molar-refractivity contribution in [3.8, 4) is 5.75 Å². The lowest BCUT2D eigenvalue weighted by Crippen LogP contribution is -2.43. The van der Waals surface area contributed by atoms with Gasteiger partial charge in [-0.15, -0.1) is 0 Å². The minimum absolute atomic E-state index is 0.207. The zero-order chi connectivity index (χ0) is 21.0. The summed E-state index contributed by atoms with van der Waals surface area (Å²) >= 11 is 0. The summed E-state index contributed by atoms with van der Waals surface area (Å²) in [6.07, 6.45) is 3.60. The van der Waals surface area contributed by atoms with Gasteiger partial charge in [-0.05, 0) is 38.0 Å². The van der Waals surface area contributed by atoms with E-state index in [1.165, 1.54) is 28.7 Å². The fourth-order valence-electron chi connectivity index (χ4n) is 3.03. The monoisotopic (exact) mass is 422 g/mol. The molecule has 2 N–H and O–H groups in total. The van der Waals surface area contributed by atoms with Crippen LogP contribution in [0, 0.1) is 12.7 Å². The summed E-state index contributed by atoms with van der Waals surface area (Å²) in [5.41, 5.74) is 1.54. The number of ether oxygens (including phenoxy) is 1. The molecule has 2 heterocycles. The molecule has 3 rings (SSSR count). The number of halogens is 1. The van der Waals surface area contributed by atoms with E-state index >= 15 is 0 Å². The highest BCUT2D eigenvalue weighted by Gasteiger charge is 2.27. The minimum atomic E-state index is -3.31. The van der Waals surface area contributed by atoms with Crippen LogP contribution < -0.4 is 15.4 Å². The molecule has 10 heteroatoms. The number of benzene rings is 1. The van der Waals surface area contributed by atoms with Gasteiger partial charge < -0.3 is 15.4 Å². The smallest absolute Gasteiger partial charge is 0.323 e. The van der Waals surface area contributed by atoms with Crippen LogP contribution in [0.15, 0.2) is 36.5 Å². The summed E-state index contributed by atoms with van der Waals surface area (Å²) in [7, 11) is -3.31. The maximum Gasteiger partial charge on any atom is 0.323 e. The third kappa shape index (κ3) is 6.13. The van der Waals surface area contributed by atoms with Crippen molar-refractivity contribution in [2.75, 3.05) is 30.0 Å². The molecular weight excluding hydrogens is 399 g/mol. The van der Waals surface area contributed by atoms with Gasteiger partial charge in [-0.3, -0.25) is 4.98 Å². The van der Waals surface area contributed by atoms with Gasteiger partial charge >= 0.3 is 6.03 Å². The Labute approximate surface area is 169 Å². The Morgan fingerprint density at radius 1 is 1.24 bits per heavy atom. The molecule has 1 aromatic carbocycles. The van der Waals surface area contributed by atoms with E-state index in [0.29, 0.717) is 25.1 Å². The van der Waals surface area contributed by atoms with Gasteiger partial charge in [-0.2, -0.15) is 4.31 Å². The molecule has 0 bridgehead atoms. The van der Waals surface area contributed by atoms with Gasteiger partial charge in [0.05, 0.1) is 24.7 Å². The van der Waals surface area contributed by atoms with E-state index in [2.05, 4.69) is 15.6 Å². The van der Waals surface area contributed by atoms with Crippen LogP contribution in [0.2, 0.25) is 0 Å². The summed E-state index contributed by atoms with van der Waals surface area (Å²) < 4.78 is 44.6. The van der Waals surface area contributed by atoms with Crippen LogP contribution >= 0.6 is 0 Å². The second-order valence-electron chi connectivity index (χ2n) is 6.95. The molecule has 0 unspecified atom stereocenters. The van der Waals surface area contributed by atoms with Crippen LogP contribution in [0.3, 0.4) is 0 Å². The highest BCUT2D eigenvalue weighted by Crippen LogP contribution is 2.24. The first-order valence-electron chi connectivity index (χ1n) is 9.12. The Kier molecular flexibility index (Phi) is 6.33. The number of hydrogen-bond acceptors (Lipinski definition) is 5. The summed E-state index contributed by atoms with van der Waals surface area (Å²) in [4.78, 5) is 16.2. The third-order valence-electron chi connectivity index (χ3n) is 4.41. The summed E-state index contributed by atoms with van der Waals surface area (Å²) in [5.74, 6) is -0.358. The summed E-state index contributed by atoms with van der Waals surface area (Å²) in [6, 6.07) is 6.78. The number of anilines is 2. The molecule has 2 amide bonds. The zero-order valence-corrected chi connectivity index (χ0v) is 17.0. The van der Waals surface area contributed by atoms with Crippen molar-refractivity contribution in [1.29, 1.82) is 0 Å². The first-order valence-corrected chi connectivity index (χ1v) is 11.0. The third-order valence-corrected chi connectivity index (χ3v) is 5.68. The zero-order valence-electron chi connectivity index (χ0n) is 16.2. The van der Waals surface area contributed by atoms with Gasteiger partial charge in [0.1, 0.15) is 17.7 Å². The van der Waals surface area contributed by atoms with Gasteiger partial charge in [0, 0.05) is 30.1 Å². The molecule has 0 radical (unpaired) electrons. The Morgan fingerprint density at radius 2 is 2.00 bits per heavy atom. The molecule has 2 aromatic rings. The largest absolute Gasteiger partial charge is 0.489 e. The first-order chi connectivity index (χ1) is 13.7. The average Bonchev–Trinajstić information content (AvgIpc) is 2.62. The quantitative estimate of drug-likeness (QED) is 0.772. The van der Waals surface area contributed by atoms with E-state index in [9.17, 15) is 17.6 Å². The fraction of sp³-hybridized carbons (Fsp3) is 0.368. The standard InChI is InChI=1S/C19H23FN4O4S/c1-13-5-6-15(11-21-13)22-19(25)23-16-8-14(20)9-18(10-16)28-17-4-3-7-24(12-17)29(2,26)27/h5-6,8-11,17H,3-4,7,12H2,1-2H3,(H2,22,23,25)/t17-/m1/s1. The number of nitrogens with one attached hydrogen (secondary N) is 2. The van der Waals surface area contributed by atoms with Crippen LogP contribution in [-0.2, 0) is 10.0 Å². The Bertz CT molecular complexity index is 982. The maximum absolute atomic E-state index is 14.0. The molecular formula is C19H23FN4O4S. The number of hydrogen-bond donors (Lipinski definition) is 2. The van der Waals surface area contributed by atoms with Gasteiger partial charge in [-0.1, -0.05) is 0 Å². The second kappa shape index (κ2) is 8.75. The second-order valence-corrected chi connectivity index (χ2v) is 8.93. The van der Waals surface area contributed by atoms with E-state index in [0.717, 1.165) is 11.9 Å². The van der Waals surface area contributed by atoms with Crippen LogP contribution in [0.25, 0.3) is 0 Å². The SMILES string of the molecule is Cc1ccc(NC(=O)Nc2cc(F)cc(O[C@@H]3CCCN(S(C)(=O)=O)C3)c2)cn1. The van der Waals surface area contributed by atoms with Gasteiger partial charge in [0.15, 0.2) is 0 Å². The molecule has 0 aliphatic carbocycles. The van der Waals surface area contributed by atoms with Gasteiger partial charge in [-0.25, -0.2) is 17.6 Å². The Hall–Kier alpha value is -2.72. The van der Waals surface area contributed by atoms with Crippen LogP contribution in [0.5, 0.6) is 5.75 Å². The fourth-order valence-corrected chi connectivity index (χ4v) is 3.93. The number of carbonyl (C=O) groups excluding carboxylic acids is 1. The molecule has 1 aromatic heterocycles. The number of sulfonamides is 1. The topological polar surface area (TPSA) is 101 Å². The highest BCUT2D eigenvalue weighted by atomic mass is 32.2. The van der Waals surface area contributed by atoms with E-state index in [-0.39, 0.29) is 24.1 Å². The normalized spacial score (nSPS) is 17.6. The van der Waals surface area contributed by atoms with Crippen molar-refractivity contribution in [3.63, 3.8) is 0 Å². The predicted octanol–water partition coefficient (Wildman–Crippen LogP) is 2.98. The molecule has 1 fully saturated rings. The van der Waals surface area contributed by atoms with E-state index in [1.54, 1.807) is 12.1 Å². The lowest BCUT2D eigenvalue weighted by atomic mass is 10.1. The molecule has 1 atom stereocenters. The Balaban J connectivity index is 1.64. The van der Waals surface area contributed by atoms with E-state index < -0.39 is 21.9 Å². The van der Waals surface area contributed by atoms with Crippen molar-refractivity contribution in [2.24, 2.45) is 0 Å². The number of carbonyl (C=O) groups is 1. The molecule has 1 aliphatic heterocycles. The predicted molar refractivity (Wildman–Crippen MR) is 108 cm³/mol. The van der Waals surface area contributed by atoms with E-state index in [1.807, 2.05) is 6.92 Å². The number of urea groups is 1. The molecule has 1 saturated heterocycles. The molecule has 0 spiro atoms. The van der Waals surface area contributed by atoms with Crippen molar-refractivity contribution < 1.29 is 22.3 Å².